The third-order valence-electron chi connectivity index (χ3n) is 4.48. The lowest BCUT2D eigenvalue weighted by molar-refractivity contribution is -0.147. The van der Waals surface area contributed by atoms with E-state index in [0.717, 1.165) is 18.1 Å². The minimum absolute atomic E-state index is 0.00469. The van der Waals surface area contributed by atoms with Crippen molar-refractivity contribution in [2.24, 2.45) is 0 Å². The molecule has 0 fully saturated rings. The summed E-state index contributed by atoms with van der Waals surface area (Å²) in [5, 5.41) is 3.86. The highest BCUT2D eigenvalue weighted by Gasteiger charge is 2.44. The quantitative estimate of drug-likeness (QED) is 0.267. The molecular formula is C21H23NO6S. The number of esters is 1. The summed E-state index contributed by atoms with van der Waals surface area (Å²) in [5.41, 5.74) is 1.25. The van der Waals surface area contributed by atoms with E-state index in [2.05, 4.69) is 17.0 Å². The largest absolute Gasteiger partial charge is 0.460 e. The van der Waals surface area contributed by atoms with Crippen molar-refractivity contribution in [3.8, 4) is 11.8 Å². The molecule has 0 aliphatic rings. The summed E-state index contributed by atoms with van der Waals surface area (Å²) in [6, 6.07) is 10.6. The maximum Gasteiger partial charge on any atom is 0.327 e. The van der Waals surface area contributed by atoms with Crippen molar-refractivity contribution in [2.75, 3.05) is 6.26 Å². The number of hydrogen-bond acceptors (Lipinski definition) is 7. The van der Waals surface area contributed by atoms with Crippen LogP contribution in [0.2, 0.25) is 0 Å². The van der Waals surface area contributed by atoms with Crippen LogP contribution in [-0.4, -0.2) is 36.8 Å². The van der Waals surface area contributed by atoms with Gasteiger partial charge in [0.1, 0.15) is 12.9 Å². The lowest BCUT2D eigenvalue weighted by Gasteiger charge is -2.25. The summed E-state index contributed by atoms with van der Waals surface area (Å²) in [6.45, 7) is 1.35. The summed E-state index contributed by atoms with van der Waals surface area (Å²) in [4.78, 5) is 22.9. The highest BCUT2D eigenvalue weighted by molar-refractivity contribution is 7.92. The summed E-state index contributed by atoms with van der Waals surface area (Å²) in [7, 11) is -3.75. The first-order valence-corrected chi connectivity index (χ1v) is 10.9. The number of ether oxygens (including phenoxy) is 1. The number of nitrogens with zero attached hydrogens (tertiary/aromatic N) is 1. The number of benzene rings is 1. The standard InChI is InChI=1S/C21H23NO6S/c1-21(29(2,25)26,20(24)27-16-17-9-5-3-6-10-17)13-12-18-15-19(28-22-18)11-7-4-8-14-23/h3,5-6,9-10,14-15H,4,8,12-13,16H2,1-2H3/t21-/m1/s1. The molecule has 0 aliphatic heterocycles. The van der Waals surface area contributed by atoms with E-state index >= 15 is 0 Å². The van der Waals surface area contributed by atoms with Crippen LogP contribution in [0.4, 0.5) is 0 Å². The SMILES string of the molecule is C[C@@](CCc1cc(C#CCCC=O)on1)(C(=O)OCc1ccccc1)S(C)(=O)=O. The number of aromatic nitrogens is 1. The van der Waals surface area contributed by atoms with Gasteiger partial charge < -0.3 is 14.1 Å². The molecule has 7 nitrogen and oxygen atoms in total. The average Bonchev–Trinajstić information content (AvgIpc) is 3.15. The Morgan fingerprint density at radius 1 is 1.31 bits per heavy atom. The van der Waals surface area contributed by atoms with Gasteiger partial charge in [-0.15, -0.1) is 0 Å². The zero-order valence-corrected chi connectivity index (χ0v) is 17.2. The molecular weight excluding hydrogens is 394 g/mol. The maximum atomic E-state index is 12.6. The third kappa shape index (κ3) is 6.29. The summed E-state index contributed by atoms with van der Waals surface area (Å²) in [6.07, 6.45) is 2.74. The number of sulfone groups is 1. The van der Waals surface area contributed by atoms with Gasteiger partial charge in [0.15, 0.2) is 14.6 Å². The lowest BCUT2D eigenvalue weighted by Crippen LogP contribution is -2.44. The molecule has 154 valence electrons. The number of aldehydes is 1. The molecule has 0 spiro atoms. The second-order valence-corrected chi connectivity index (χ2v) is 9.20. The number of rotatable bonds is 9. The van der Waals surface area contributed by atoms with Gasteiger partial charge in [-0.3, -0.25) is 4.79 Å². The van der Waals surface area contributed by atoms with Crippen molar-refractivity contribution in [1.82, 2.24) is 5.16 Å². The Balaban J connectivity index is 2.04. The zero-order valence-electron chi connectivity index (χ0n) is 16.4. The van der Waals surface area contributed by atoms with Crippen LogP contribution in [0.25, 0.3) is 0 Å². The van der Waals surface area contributed by atoms with E-state index in [0.29, 0.717) is 24.3 Å². The van der Waals surface area contributed by atoms with Gasteiger partial charge in [-0.1, -0.05) is 41.4 Å². The Bertz CT molecular complexity index is 1000. The van der Waals surface area contributed by atoms with Crippen LogP contribution in [-0.2, 0) is 37.2 Å². The van der Waals surface area contributed by atoms with Crippen LogP contribution < -0.4 is 0 Å². The van der Waals surface area contributed by atoms with Crippen LogP contribution in [0.15, 0.2) is 40.9 Å². The van der Waals surface area contributed by atoms with Gasteiger partial charge in [-0.25, -0.2) is 8.42 Å². The number of unbranched alkanes of at least 4 members (excludes halogenated alkanes) is 1. The normalized spacial score (nSPS) is 13.0. The molecule has 29 heavy (non-hydrogen) atoms. The first kappa shape index (κ1) is 22.4. The Kier molecular flexibility index (Phi) is 7.74. The highest BCUT2D eigenvalue weighted by Crippen LogP contribution is 2.25. The molecule has 1 aromatic heterocycles. The fourth-order valence-corrected chi connectivity index (χ4v) is 3.28. The number of carbonyl (C=O) groups is 2. The minimum Gasteiger partial charge on any atom is -0.460 e. The van der Waals surface area contributed by atoms with Gasteiger partial charge >= 0.3 is 5.97 Å². The first-order chi connectivity index (χ1) is 13.8. The van der Waals surface area contributed by atoms with E-state index in [1.54, 1.807) is 18.2 Å². The van der Waals surface area contributed by atoms with Gasteiger partial charge in [0.05, 0.1) is 5.69 Å². The topological polar surface area (TPSA) is 104 Å². The van der Waals surface area contributed by atoms with Crippen molar-refractivity contribution in [2.45, 2.75) is 44.0 Å². The molecule has 0 aliphatic carbocycles. The summed E-state index contributed by atoms with van der Waals surface area (Å²) < 4.78 is 33.3. The second-order valence-electron chi connectivity index (χ2n) is 6.75. The third-order valence-corrected chi connectivity index (χ3v) is 6.49. The van der Waals surface area contributed by atoms with Gasteiger partial charge in [0.2, 0.25) is 5.76 Å². The van der Waals surface area contributed by atoms with Crippen LogP contribution in [0.3, 0.4) is 0 Å². The Labute approximate surface area is 170 Å². The summed E-state index contributed by atoms with van der Waals surface area (Å²) >= 11 is 0. The molecule has 8 heteroatoms. The van der Waals surface area contributed by atoms with E-state index in [1.165, 1.54) is 6.92 Å². The predicted octanol–water partition coefficient (Wildman–Crippen LogP) is 2.48. The first-order valence-electron chi connectivity index (χ1n) is 9.05. The molecule has 0 amide bonds. The molecule has 1 aromatic carbocycles. The summed E-state index contributed by atoms with van der Waals surface area (Å²) in [5.74, 6) is 5.03. The van der Waals surface area contributed by atoms with Crippen molar-refractivity contribution >= 4 is 22.1 Å². The highest BCUT2D eigenvalue weighted by atomic mass is 32.2. The van der Waals surface area contributed by atoms with E-state index in [1.807, 2.05) is 18.2 Å². The smallest absolute Gasteiger partial charge is 0.327 e. The zero-order chi connectivity index (χ0) is 21.3. The molecule has 0 radical (unpaired) electrons. The van der Waals surface area contributed by atoms with Crippen LogP contribution in [0.1, 0.15) is 43.2 Å². The number of hydrogen-bond donors (Lipinski definition) is 0. The number of aryl methyl sites for hydroxylation is 1. The number of carbonyl (C=O) groups excluding carboxylic acids is 2. The second kappa shape index (κ2) is 10.0. The van der Waals surface area contributed by atoms with Crippen LogP contribution in [0, 0.1) is 11.8 Å². The molecule has 2 rings (SSSR count). The van der Waals surface area contributed by atoms with Crippen molar-refractivity contribution in [3.05, 3.63) is 53.4 Å². The fraction of sp³-hybridized carbons (Fsp3) is 0.381. The predicted molar refractivity (Wildman–Crippen MR) is 106 cm³/mol. The van der Waals surface area contributed by atoms with Gasteiger partial charge in [-0.05, 0) is 31.2 Å². The molecule has 0 saturated carbocycles. The molecule has 0 bridgehead atoms. The van der Waals surface area contributed by atoms with Crippen molar-refractivity contribution in [3.63, 3.8) is 0 Å². The van der Waals surface area contributed by atoms with Crippen LogP contribution in [0.5, 0.6) is 0 Å². The molecule has 2 aromatic rings. The minimum atomic E-state index is -3.75. The van der Waals surface area contributed by atoms with Gasteiger partial charge in [0, 0.05) is 25.2 Å². The van der Waals surface area contributed by atoms with E-state index < -0.39 is 20.6 Å². The molecule has 0 unspecified atom stereocenters. The molecule has 0 saturated heterocycles. The monoisotopic (exact) mass is 417 g/mol. The van der Waals surface area contributed by atoms with E-state index in [9.17, 15) is 18.0 Å². The fourth-order valence-electron chi connectivity index (χ4n) is 2.45. The lowest BCUT2D eigenvalue weighted by atomic mass is 10.0. The van der Waals surface area contributed by atoms with E-state index in [4.69, 9.17) is 9.26 Å². The Morgan fingerprint density at radius 3 is 2.69 bits per heavy atom. The average molecular weight is 417 g/mol. The van der Waals surface area contributed by atoms with E-state index in [-0.39, 0.29) is 19.4 Å². The molecule has 0 N–H and O–H groups in total. The molecule has 1 atom stereocenters. The Hall–Kier alpha value is -2.92. The van der Waals surface area contributed by atoms with Gasteiger partial charge in [0.25, 0.3) is 0 Å². The Morgan fingerprint density at radius 2 is 2.03 bits per heavy atom. The van der Waals surface area contributed by atoms with Gasteiger partial charge in [-0.2, -0.15) is 0 Å². The van der Waals surface area contributed by atoms with Crippen molar-refractivity contribution < 1.29 is 27.3 Å². The molecule has 1 heterocycles. The van der Waals surface area contributed by atoms with Crippen LogP contribution >= 0.6 is 0 Å². The van der Waals surface area contributed by atoms with Crippen molar-refractivity contribution in [1.29, 1.82) is 0 Å². The maximum absolute atomic E-state index is 12.6.